The molecule has 0 spiro atoms. The van der Waals surface area contributed by atoms with Crippen molar-refractivity contribution in [1.29, 1.82) is 0 Å². The number of likely N-dealkylation sites (N-methyl/N-ethyl adjacent to an activating group) is 1. The van der Waals surface area contributed by atoms with Gasteiger partial charge in [0.25, 0.3) is 5.91 Å². The largest absolute Gasteiger partial charge is 0.468 e. The summed E-state index contributed by atoms with van der Waals surface area (Å²) < 4.78 is 38.2. The van der Waals surface area contributed by atoms with Crippen LogP contribution < -0.4 is 4.74 Å². The van der Waals surface area contributed by atoms with Gasteiger partial charge in [-0.25, -0.2) is 13.2 Å². The van der Waals surface area contributed by atoms with Crippen LogP contribution in [0.4, 0.5) is 4.79 Å². The highest BCUT2D eigenvalue weighted by molar-refractivity contribution is 7.89. The number of sulfonamides is 1. The van der Waals surface area contributed by atoms with Gasteiger partial charge in [-0.15, -0.1) is 0 Å². The average Bonchev–Trinajstić information content (AvgIpc) is 3.35. The maximum Gasteiger partial charge on any atom is 0.327 e. The van der Waals surface area contributed by atoms with E-state index in [2.05, 4.69) is 4.98 Å². The maximum absolute atomic E-state index is 13.4. The van der Waals surface area contributed by atoms with Crippen LogP contribution in [0.1, 0.15) is 6.42 Å². The molecule has 3 amide bonds. The summed E-state index contributed by atoms with van der Waals surface area (Å²) in [6.45, 7) is -0.299. The molecule has 3 heterocycles. The van der Waals surface area contributed by atoms with Gasteiger partial charge in [-0.3, -0.25) is 19.5 Å². The Bertz CT molecular complexity index is 1170. The van der Waals surface area contributed by atoms with Crippen molar-refractivity contribution < 1.29 is 32.3 Å². The van der Waals surface area contributed by atoms with Crippen LogP contribution >= 0.6 is 0 Å². The Morgan fingerprint density at radius 2 is 1.70 bits per heavy atom. The van der Waals surface area contributed by atoms with E-state index in [1.807, 2.05) is 0 Å². The fourth-order valence-corrected chi connectivity index (χ4v) is 5.57. The normalized spacial score (nSPS) is 21.5. The molecule has 4 rings (SSSR count). The standard InChI is InChI=1S/C21H22N4O7S/c1-23-13-19(26)25(21(23)28)14-11-18(20(27)31-2)24(12-14)33(29,30)17-5-3-15(4-6-17)32-16-7-9-22-10-8-16/h3-10,14,18H,11-13H2,1-2H3/t14-,18+/m0/s1. The number of pyridine rings is 1. The van der Waals surface area contributed by atoms with E-state index in [4.69, 9.17) is 9.47 Å². The summed E-state index contributed by atoms with van der Waals surface area (Å²) in [5.41, 5.74) is 0. The minimum Gasteiger partial charge on any atom is -0.468 e. The molecule has 2 aromatic rings. The summed E-state index contributed by atoms with van der Waals surface area (Å²) in [7, 11) is -1.50. The van der Waals surface area contributed by atoms with Crippen LogP contribution in [-0.4, -0.2) is 84.7 Å². The third-order valence-electron chi connectivity index (χ3n) is 5.56. The second-order valence-electron chi connectivity index (χ2n) is 7.66. The number of esters is 1. The molecule has 0 N–H and O–H groups in total. The van der Waals surface area contributed by atoms with Crippen LogP contribution in [0.3, 0.4) is 0 Å². The van der Waals surface area contributed by atoms with Crippen LogP contribution in [0.25, 0.3) is 0 Å². The topological polar surface area (TPSA) is 126 Å². The summed E-state index contributed by atoms with van der Waals surface area (Å²) in [6.07, 6.45) is 3.09. The van der Waals surface area contributed by atoms with E-state index in [-0.39, 0.29) is 24.4 Å². The second kappa shape index (κ2) is 8.79. The highest BCUT2D eigenvalue weighted by Gasteiger charge is 2.50. The van der Waals surface area contributed by atoms with Gasteiger partial charge in [0.1, 0.15) is 24.1 Å². The summed E-state index contributed by atoms with van der Waals surface area (Å²) in [5, 5.41) is 0. The lowest BCUT2D eigenvalue weighted by atomic mass is 10.1. The third-order valence-corrected chi connectivity index (χ3v) is 7.45. The molecule has 0 saturated carbocycles. The van der Waals surface area contributed by atoms with Crippen molar-refractivity contribution in [3.8, 4) is 11.5 Å². The van der Waals surface area contributed by atoms with E-state index in [0.29, 0.717) is 11.5 Å². The fourth-order valence-electron chi connectivity index (χ4n) is 3.94. The van der Waals surface area contributed by atoms with E-state index in [0.717, 1.165) is 16.3 Å². The van der Waals surface area contributed by atoms with Gasteiger partial charge in [0.15, 0.2) is 0 Å². The molecule has 2 saturated heterocycles. The van der Waals surface area contributed by atoms with Crippen molar-refractivity contribution in [2.45, 2.75) is 23.4 Å². The van der Waals surface area contributed by atoms with Gasteiger partial charge in [0.05, 0.1) is 18.0 Å². The van der Waals surface area contributed by atoms with Crippen molar-refractivity contribution in [2.75, 3.05) is 27.2 Å². The zero-order valence-corrected chi connectivity index (χ0v) is 18.8. The Kier molecular flexibility index (Phi) is 6.04. The number of ether oxygens (including phenoxy) is 2. The Morgan fingerprint density at radius 3 is 2.27 bits per heavy atom. The van der Waals surface area contributed by atoms with Crippen molar-refractivity contribution >= 4 is 27.9 Å². The van der Waals surface area contributed by atoms with Gasteiger partial charge >= 0.3 is 12.0 Å². The molecule has 0 bridgehead atoms. The molecule has 174 valence electrons. The van der Waals surface area contributed by atoms with E-state index in [9.17, 15) is 22.8 Å². The molecule has 2 atom stereocenters. The summed E-state index contributed by atoms with van der Waals surface area (Å²) >= 11 is 0. The first-order valence-electron chi connectivity index (χ1n) is 10.1. The van der Waals surface area contributed by atoms with E-state index in [1.165, 1.54) is 36.2 Å². The van der Waals surface area contributed by atoms with Crippen molar-refractivity contribution in [1.82, 2.24) is 19.1 Å². The fraction of sp³-hybridized carbons (Fsp3) is 0.333. The number of rotatable bonds is 6. The lowest BCUT2D eigenvalue weighted by Crippen LogP contribution is -2.43. The first kappa shape index (κ1) is 22.7. The maximum atomic E-state index is 13.4. The van der Waals surface area contributed by atoms with Gasteiger partial charge in [-0.2, -0.15) is 4.31 Å². The lowest BCUT2D eigenvalue weighted by molar-refractivity contribution is -0.144. The van der Waals surface area contributed by atoms with Crippen molar-refractivity contribution in [3.63, 3.8) is 0 Å². The number of aromatic nitrogens is 1. The number of benzene rings is 1. The van der Waals surface area contributed by atoms with E-state index >= 15 is 0 Å². The van der Waals surface area contributed by atoms with E-state index in [1.54, 1.807) is 24.5 Å². The number of carbonyl (C=O) groups excluding carboxylic acids is 3. The number of hydrogen-bond acceptors (Lipinski definition) is 8. The third kappa shape index (κ3) is 4.26. The lowest BCUT2D eigenvalue weighted by Gasteiger charge is -2.23. The second-order valence-corrected chi connectivity index (χ2v) is 9.55. The Hall–Kier alpha value is -3.51. The molecule has 0 unspecified atom stereocenters. The number of imide groups is 1. The zero-order valence-electron chi connectivity index (χ0n) is 17.9. The molecule has 1 aromatic heterocycles. The minimum atomic E-state index is -4.14. The highest BCUT2D eigenvalue weighted by atomic mass is 32.2. The molecule has 2 fully saturated rings. The van der Waals surface area contributed by atoms with Crippen LogP contribution in [0.15, 0.2) is 53.7 Å². The van der Waals surface area contributed by atoms with Crippen LogP contribution in [0, 0.1) is 0 Å². The monoisotopic (exact) mass is 474 g/mol. The molecule has 33 heavy (non-hydrogen) atoms. The molecule has 11 nitrogen and oxygen atoms in total. The molecular formula is C21H22N4O7S. The number of urea groups is 1. The molecule has 2 aliphatic heterocycles. The van der Waals surface area contributed by atoms with Crippen LogP contribution in [0.5, 0.6) is 11.5 Å². The van der Waals surface area contributed by atoms with Crippen molar-refractivity contribution in [3.05, 3.63) is 48.8 Å². The molecule has 0 aliphatic carbocycles. The molecule has 1 aromatic carbocycles. The van der Waals surface area contributed by atoms with E-state index < -0.39 is 40.0 Å². The Labute approximate surface area is 190 Å². The zero-order chi connectivity index (χ0) is 23.8. The molecule has 2 aliphatic rings. The quantitative estimate of drug-likeness (QED) is 0.450. The van der Waals surface area contributed by atoms with Gasteiger partial charge < -0.3 is 14.4 Å². The minimum absolute atomic E-state index is 0.0412. The van der Waals surface area contributed by atoms with Crippen LogP contribution in [-0.2, 0) is 24.3 Å². The number of amides is 3. The smallest absolute Gasteiger partial charge is 0.327 e. The summed E-state index contributed by atoms with van der Waals surface area (Å²) in [6, 6.07) is 6.59. The first-order valence-corrected chi connectivity index (χ1v) is 11.5. The van der Waals surface area contributed by atoms with Gasteiger partial charge in [-0.05, 0) is 42.8 Å². The van der Waals surface area contributed by atoms with Crippen molar-refractivity contribution in [2.24, 2.45) is 0 Å². The number of methoxy groups -OCH3 is 1. The Morgan fingerprint density at radius 1 is 1.06 bits per heavy atom. The Balaban J connectivity index is 1.59. The average molecular weight is 474 g/mol. The number of nitrogens with zero attached hydrogens (tertiary/aromatic N) is 4. The highest BCUT2D eigenvalue weighted by Crippen LogP contribution is 2.32. The molecule has 0 radical (unpaired) electrons. The number of carbonyl (C=O) groups is 3. The number of hydrogen-bond donors (Lipinski definition) is 0. The predicted octanol–water partition coefficient (Wildman–Crippen LogP) is 1.07. The first-order chi connectivity index (χ1) is 15.7. The predicted molar refractivity (Wildman–Crippen MR) is 114 cm³/mol. The van der Waals surface area contributed by atoms with Gasteiger partial charge in [0.2, 0.25) is 10.0 Å². The molecular weight excluding hydrogens is 452 g/mol. The van der Waals surface area contributed by atoms with Gasteiger partial charge in [0, 0.05) is 26.0 Å². The summed E-state index contributed by atoms with van der Waals surface area (Å²) in [4.78, 5) is 43.2. The molecule has 12 heteroatoms. The van der Waals surface area contributed by atoms with Crippen LogP contribution in [0.2, 0.25) is 0 Å². The van der Waals surface area contributed by atoms with Gasteiger partial charge in [-0.1, -0.05) is 0 Å². The SMILES string of the molecule is COC(=O)[C@H]1C[C@H](N2C(=O)CN(C)C2=O)CN1S(=O)(=O)c1ccc(Oc2ccncc2)cc1. The summed E-state index contributed by atoms with van der Waals surface area (Å²) in [5.74, 6) is -0.238.